The topological polar surface area (TPSA) is 259 Å². The number of carbonyl (C=O) groups is 3. The predicted octanol–water partition coefficient (Wildman–Crippen LogP) is 11.6. The zero-order chi connectivity index (χ0) is 71.1. The van der Waals surface area contributed by atoms with Crippen molar-refractivity contribution >= 4 is 133 Å². The molecule has 0 radical (unpaired) electrons. The van der Waals surface area contributed by atoms with E-state index in [0.717, 1.165) is 56.9 Å². The first-order valence-corrected chi connectivity index (χ1v) is 40.3. The van der Waals surface area contributed by atoms with Crippen LogP contribution in [0, 0.1) is 24.7 Å². The smallest absolute Gasteiger partial charge is 0.338 e. The number of amides is 3. The van der Waals surface area contributed by atoms with Crippen LogP contribution in [0.25, 0.3) is 33.1 Å². The first kappa shape index (κ1) is 71.4. The van der Waals surface area contributed by atoms with Crippen molar-refractivity contribution in [3.05, 3.63) is 176 Å². The second kappa shape index (κ2) is 29.4. The maximum atomic E-state index is 13.5. The van der Waals surface area contributed by atoms with Crippen molar-refractivity contribution < 1.29 is 52.8 Å². The largest absolute Gasteiger partial charge is 0.416 e. The molecule has 0 aliphatic carbocycles. The van der Waals surface area contributed by atoms with Crippen LogP contribution in [0.4, 0.5) is 31.0 Å². The summed E-state index contributed by atoms with van der Waals surface area (Å²) in [6.07, 6.45) is -2.18. The predicted molar refractivity (Wildman–Crippen MR) is 387 cm³/mol. The number of hydrogen-bond acceptors (Lipinski definition) is 15. The first-order chi connectivity index (χ1) is 48.2. The molecule has 3 aromatic heterocycles. The molecule has 3 amide bonds. The summed E-state index contributed by atoms with van der Waals surface area (Å²) in [5, 5.41) is 1.71. The monoisotopic (exact) mass is 1500 g/mol. The summed E-state index contributed by atoms with van der Waals surface area (Å²) in [5.41, 5.74) is 7.20. The van der Waals surface area contributed by atoms with Crippen molar-refractivity contribution in [3.63, 3.8) is 0 Å². The number of nitrogens with one attached hydrogen (secondary N) is 3. The third-order valence-electron chi connectivity index (χ3n) is 20.2. The molecule has 0 bridgehead atoms. The Morgan fingerprint density at radius 2 is 0.802 bits per heavy atom. The Morgan fingerprint density at radius 3 is 1.20 bits per heavy atom. The van der Waals surface area contributed by atoms with Gasteiger partial charge in [0, 0.05) is 86.7 Å². The van der Waals surface area contributed by atoms with E-state index in [1.807, 2.05) is 130 Å². The molecule has 534 valence electrons. The summed E-state index contributed by atoms with van der Waals surface area (Å²) in [6.45, 7) is 6.71. The van der Waals surface area contributed by atoms with Gasteiger partial charge < -0.3 is 44.4 Å². The molecule has 6 aliphatic rings. The number of sulfone groups is 3. The van der Waals surface area contributed by atoms with Crippen molar-refractivity contribution in [3.8, 4) is 0 Å². The quantitative estimate of drug-likeness (QED) is 0.121. The molecule has 6 saturated heterocycles. The van der Waals surface area contributed by atoms with Crippen LogP contribution in [-0.2, 0) is 50.1 Å². The number of halogens is 6. The Labute approximate surface area is 598 Å². The van der Waals surface area contributed by atoms with E-state index in [4.69, 9.17) is 44.8 Å². The van der Waals surface area contributed by atoms with E-state index in [2.05, 4.69) is 29.7 Å². The second-order valence-corrected chi connectivity index (χ2v) is 35.0. The molecule has 3 N–H and O–H groups in total. The van der Waals surface area contributed by atoms with Gasteiger partial charge in [0.1, 0.15) is 35.0 Å². The molecule has 6 aromatic carbocycles. The Balaban J connectivity index is 0.000000136. The second-order valence-electron chi connectivity index (χ2n) is 26.8. The van der Waals surface area contributed by atoms with Gasteiger partial charge in [-0.2, -0.15) is 13.2 Å². The highest BCUT2D eigenvalue weighted by molar-refractivity contribution is 7.91. The van der Waals surface area contributed by atoms with Gasteiger partial charge >= 0.3 is 6.18 Å². The van der Waals surface area contributed by atoms with Gasteiger partial charge in [0.25, 0.3) is 0 Å². The molecule has 21 nitrogen and oxygen atoms in total. The van der Waals surface area contributed by atoms with E-state index >= 15 is 0 Å². The van der Waals surface area contributed by atoms with Crippen LogP contribution in [0.1, 0.15) is 84.5 Å². The molecule has 3 unspecified atom stereocenters. The van der Waals surface area contributed by atoms with E-state index in [-0.39, 0.29) is 88.1 Å². The van der Waals surface area contributed by atoms with Crippen LogP contribution < -0.4 is 14.7 Å². The normalized spacial score (nSPS) is 21.4. The molecule has 15 rings (SSSR count). The number of aromatic amines is 3. The number of H-pyrrole nitrogens is 3. The van der Waals surface area contributed by atoms with Crippen molar-refractivity contribution in [2.24, 2.45) is 17.8 Å². The number of imidazole rings is 3. The lowest BCUT2D eigenvalue weighted by Crippen LogP contribution is -2.53. The average Bonchev–Trinajstić information content (AvgIpc) is 1.73. The van der Waals surface area contributed by atoms with Gasteiger partial charge in [0.15, 0.2) is 0 Å². The fourth-order valence-corrected chi connectivity index (χ4v) is 19.7. The number of fused-ring (bicyclic) bond motifs is 3. The third-order valence-corrected chi connectivity index (χ3v) is 26.3. The van der Waals surface area contributed by atoms with Crippen molar-refractivity contribution in [1.82, 2.24) is 44.6 Å². The lowest BCUT2D eigenvalue weighted by molar-refractivity contribution is -0.139. The fraction of sp³-hybridized carbons (Fsp3) is 0.408. The number of alkyl halides is 3. The fourth-order valence-electron chi connectivity index (χ4n) is 14.5. The summed E-state index contributed by atoms with van der Waals surface area (Å²) in [4.78, 5) is 76.0. The number of carbonyl (C=O) groups excluding carboxylic acids is 3. The van der Waals surface area contributed by atoms with E-state index in [9.17, 15) is 52.8 Å². The van der Waals surface area contributed by atoms with E-state index < -0.39 is 41.3 Å². The highest BCUT2D eigenvalue weighted by atomic mass is 35.5. The highest BCUT2D eigenvalue weighted by Gasteiger charge is 2.42. The van der Waals surface area contributed by atoms with Gasteiger partial charge in [0.05, 0.1) is 90.8 Å². The summed E-state index contributed by atoms with van der Waals surface area (Å²) >= 11 is 18.8. The summed E-state index contributed by atoms with van der Waals surface area (Å²) in [5.74, 6) is 1.56. The molecule has 101 heavy (non-hydrogen) atoms. The first-order valence-electron chi connectivity index (χ1n) is 33.7. The minimum atomic E-state index is -4.44. The van der Waals surface area contributed by atoms with Crippen molar-refractivity contribution in [1.29, 1.82) is 0 Å². The van der Waals surface area contributed by atoms with Crippen LogP contribution in [0.5, 0.6) is 0 Å². The maximum Gasteiger partial charge on any atom is 0.416 e. The molecule has 6 aliphatic heterocycles. The Morgan fingerprint density at radius 1 is 0.436 bits per heavy atom. The van der Waals surface area contributed by atoms with Crippen LogP contribution in [0.2, 0.25) is 15.1 Å². The Kier molecular flexibility index (Phi) is 20.8. The number of hydrogen-bond donors (Lipinski definition) is 3. The number of piperazine rings is 3. The number of anilines is 3. The molecule has 0 saturated carbocycles. The van der Waals surface area contributed by atoms with E-state index in [1.54, 1.807) is 12.1 Å². The average molecular weight is 1500 g/mol. The molecule has 6 fully saturated rings. The molecular weight excluding hydrogens is 1420 g/mol. The number of aryl methyl sites for hydroxylation is 1. The zero-order valence-electron chi connectivity index (χ0n) is 55.2. The Hall–Kier alpha value is -7.95. The standard InChI is InChI=1S/C24H27ClN4O3S.C24H25F3N4O3S.C23H24Cl2N4O3S/c1-16-13-20-21(14-19(16)25)27-24(26-20)28-9-10-29(22(15-28)17-5-3-2-4-6-17)23(30)18-7-11-33(31,32)12-8-18;25-24(26,27)18-6-7-19-20(14-18)29-23(28-19)30-10-11-31(21(15-30)16-4-2-1-3-5-16)22(32)17-8-12-35(33,34)13-9-17;24-17-12-18(25)21-19(13-17)26-23(27-21)28-8-9-29(20(14-28)15-4-2-1-3-5-15)22(30)16-6-10-33(31,32)11-7-16/h2-6,13-14,18,22H,7-12,15H2,1H3,(H,26,27);1-7,14,17,21H,8-13,15H2,(H,28,29);1-5,12-13,16,20H,6-11,14H2,(H,26,27). The minimum absolute atomic E-state index is 0.0261. The summed E-state index contributed by atoms with van der Waals surface area (Å²) < 4.78 is 110. The van der Waals surface area contributed by atoms with Crippen molar-refractivity contribution in [2.45, 2.75) is 69.8 Å². The lowest BCUT2D eigenvalue weighted by Gasteiger charge is -2.43. The summed E-state index contributed by atoms with van der Waals surface area (Å²) in [7, 11) is -9.11. The van der Waals surface area contributed by atoms with E-state index in [0.29, 0.717) is 141 Å². The van der Waals surface area contributed by atoms with Gasteiger partial charge in [-0.15, -0.1) is 0 Å². The molecular formula is C71H76Cl3F3N12O9S3. The number of rotatable bonds is 9. The van der Waals surface area contributed by atoms with Crippen LogP contribution in [-0.4, -0.2) is 181 Å². The molecule has 0 spiro atoms. The van der Waals surface area contributed by atoms with Gasteiger partial charge in [-0.25, -0.2) is 40.2 Å². The van der Waals surface area contributed by atoms with Gasteiger partial charge in [-0.3, -0.25) is 14.4 Å². The van der Waals surface area contributed by atoms with Crippen LogP contribution in [0.3, 0.4) is 0 Å². The lowest BCUT2D eigenvalue weighted by atomic mass is 9.96. The molecule has 3 atom stereocenters. The van der Waals surface area contributed by atoms with Gasteiger partial charge in [0.2, 0.25) is 35.6 Å². The SMILES string of the molecule is Cc1cc2[nH]c(N3CCN(C(=O)C4CCS(=O)(=O)CC4)C(c4ccccc4)C3)nc2cc1Cl.O=C(C1CCS(=O)(=O)CC1)N1CCN(c2nc3c(Cl)cc(Cl)cc3[nH]2)CC1c1ccccc1.O=C(C1CCS(=O)(=O)CC1)N1CCN(c2nc3ccc(C(F)(F)F)cc3[nH]2)CC1c1ccccc1. The van der Waals surface area contributed by atoms with Crippen LogP contribution >= 0.6 is 34.8 Å². The maximum absolute atomic E-state index is 13.5. The van der Waals surface area contributed by atoms with Crippen molar-refractivity contribution in [2.75, 3.05) is 108 Å². The summed E-state index contributed by atoms with van der Waals surface area (Å²) in [6, 6.07) is 39.7. The van der Waals surface area contributed by atoms with Gasteiger partial charge in [-0.1, -0.05) is 126 Å². The van der Waals surface area contributed by atoms with Gasteiger partial charge in [-0.05, 0) is 110 Å². The Bertz CT molecular complexity index is 4820. The number of nitrogens with zero attached hydrogens (tertiary/aromatic N) is 9. The zero-order valence-corrected chi connectivity index (χ0v) is 59.9. The highest BCUT2D eigenvalue weighted by Crippen LogP contribution is 2.39. The minimum Gasteiger partial charge on any atom is -0.338 e. The molecule has 30 heteroatoms. The number of aromatic nitrogens is 6. The number of benzene rings is 6. The van der Waals surface area contributed by atoms with E-state index in [1.165, 1.54) is 6.07 Å². The van der Waals surface area contributed by atoms with Crippen LogP contribution in [0.15, 0.2) is 133 Å². The molecule has 9 heterocycles. The third kappa shape index (κ3) is 16.3. The molecule has 9 aromatic rings.